The van der Waals surface area contributed by atoms with Crippen LogP contribution in [0.4, 0.5) is 0 Å². The molecule has 1 N–H and O–H groups in total. The molecule has 0 aliphatic heterocycles. The highest BCUT2D eigenvalue weighted by Gasteiger charge is 2.15. The third-order valence-corrected chi connectivity index (χ3v) is 2.30. The molecule has 4 heteroatoms. The fourth-order valence-electron chi connectivity index (χ4n) is 1.60. The molecule has 2 aromatic heterocycles. The number of hydrogen-bond acceptors (Lipinski definition) is 4. The zero-order valence-corrected chi connectivity index (χ0v) is 8.91. The molecule has 0 atom stereocenters. The van der Waals surface area contributed by atoms with Gasteiger partial charge in [-0.05, 0) is 13.1 Å². The third kappa shape index (κ3) is 1.80. The summed E-state index contributed by atoms with van der Waals surface area (Å²) >= 11 is 0. The van der Waals surface area contributed by atoms with Crippen LogP contribution in [0.5, 0.6) is 0 Å². The summed E-state index contributed by atoms with van der Waals surface area (Å²) in [6.45, 7) is 2.75. The standard InChI is InChI=1S/C11H14N2O2/c1-3-10-8(4-5-14-10)11-9(6-12-2)13-7-15-11/h4-5,7,12H,3,6H2,1-2H3. The van der Waals surface area contributed by atoms with Gasteiger partial charge in [0.25, 0.3) is 0 Å². The predicted octanol–water partition coefficient (Wildman–Crippen LogP) is 2.22. The fourth-order valence-corrected chi connectivity index (χ4v) is 1.60. The molecule has 0 aliphatic carbocycles. The molecule has 2 heterocycles. The summed E-state index contributed by atoms with van der Waals surface area (Å²) in [5, 5.41) is 3.06. The van der Waals surface area contributed by atoms with Crippen LogP contribution in [0, 0.1) is 0 Å². The van der Waals surface area contributed by atoms with E-state index in [-0.39, 0.29) is 0 Å². The second kappa shape index (κ2) is 4.31. The van der Waals surface area contributed by atoms with Gasteiger partial charge in [0.15, 0.2) is 12.2 Å². The van der Waals surface area contributed by atoms with Gasteiger partial charge < -0.3 is 14.2 Å². The van der Waals surface area contributed by atoms with Gasteiger partial charge in [-0.25, -0.2) is 4.98 Å². The molecule has 0 amide bonds. The summed E-state index contributed by atoms with van der Waals surface area (Å²) in [7, 11) is 1.88. The Balaban J connectivity index is 2.40. The summed E-state index contributed by atoms with van der Waals surface area (Å²) in [6.07, 6.45) is 4.00. The molecule has 0 fully saturated rings. The smallest absolute Gasteiger partial charge is 0.181 e. The average Bonchev–Trinajstić information content (AvgIpc) is 2.84. The number of aromatic nitrogens is 1. The number of furan rings is 1. The summed E-state index contributed by atoms with van der Waals surface area (Å²) in [5.41, 5.74) is 1.91. The Bertz CT molecular complexity index is 431. The van der Waals surface area contributed by atoms with Gasteiger partial charge in [-0.3, -0.25) is 0 Å². The van der Waals surface area contributed by atoms with Crippen molar-refractivity contribution in [2.45, 2.75) is 19.9 Å². The quantitative estimate of drug-likeness (QED) is 0.833. The van der Waals surface area contributed by atoms with Crippen molar-refractivity contribution < 1.29 is 8.83 Å². The number of oxazole rings is 1. The van der Waals surface area contributed by atoms with Gasteiger partial charge in [0.05, 0.1) is 11.8 Å². The summed E-state index contributed by atoms with van der Waals surface area (Å²) in [4.78, 5) is 4.17. The molecule has 0 spiro atoms. The van der Waals surface area contributed by atoms with Crippen molar-refractivity contribution in [1.29, 1.82) is 0 Å². The van der Waals surface area contributed by atoms with E-state index in [2.05, 4.69) is 17.2 Å². The number of nitrogens with one attached hydrogen (secondary N) is 1. The maximum Gasteiger partial charge on any atom is 0.181 e. The first-order chi connectivity index (χ1) is 7.36. The lowest BCUT2D eigenvalue weighted by molar-refractivity contribution is 0.512. The molecule has 0 saturated heterocycles. The van der Waals surface area contributed by atoms with E-state index >= 15 is 0 Å². The summed E-state index contributed by atoms with van der Waals surface area (Å²) in [6, 6.07) is 1.92. The molecule has 15 heavy (non-hydrogen) atoms. The second-order valence-electron chi connectivity index (χ2n) is 3.27. The summed E-state index contributed by atoms with van der Waals surface area (Å²) in [5.74, 6) is 1.74. The highest BCUT2D eigenvalue weighted by molar-refractivity contribution is 5.61. The summed E-state index contributed by atoms with van der Waals surface area (Å²) < 4.78 is 10.8. The monoisotopic (exact) mass is 206 g/mol. The van der Waals surface area contributed by atoms with Crippen molar-refractivity contribution in [2.24, 2.45) is 0 Å². The van der Waals surface area contributed by atoms with Crippen LogP contribution in [0.3, 0.4) is 0 Å². The first-order valence-corrected chi connectivity index (χ1v) is 5.00. The fraction of sp³-hybridized carbons (Fsp3) is 0.364. The van der Waals surface area contributed by atoms with Crippen LogP contribution in [0.15, 0.2) is 27.6 Å². The minimum atomic E-state index is 0.695. The second-order valence-corrected chi connectivity index (χ2v) is 3.27. The van der Waals surface area contributed by atoms with Gasteiger partial charge in [-0.15, -0.1) is 0 Å². The minimum Gasteiger partial charge on any atom is -0.469 e. The molecule has 0 unspecified atom stereocenters. The van der Waals surface area contributed by atoms with Gasteiger partial charge in [-0.1, -0.05) is 6.92 Å². The Kier molecular flexibility index (Phi) is 2.87. The molecule has 4 nitrogen and oxygen atoms in total. The van der Waals surface area contributed by atoms with Crippen LogP contribution >= 0.6 is 0 Å². The van der Waals surface area contributed by atoms with E-state index in [0.717, 1.165) is 29.2 Å². The first-order valence-electron chi connectivity index (χ1n) is 5.00. The van der Waals surface area contributed by atoms with Crippen molar-refractivity contribution >= 4 is 0 Å². The average molecular weight is 206 g/mol. The molecular formula is C11H14N2O2. The van der Waals surface area contributed by atoms with Crippen LogP contribution in [0.2, 0.25) is 0 Å². The lowest BCUT2D eigenvalue weighted by atomic mass is 10.1. The third-order valence-electron chi connectivity index (χ3n) is 2.30. The van der Waals surface area contributed by atoms with Gasteiger partial charge >= 0.3 is 0 Å². The number of rotatable bonds is 4. The Morgan fingerprint density at radius 1 is 1.40 bits per heavy atom. The minimum absolute atomic E-state index is 0.695. The molecular weight excluding hydrogens is 192 g/mol. The Morgan fingerprint density at radius 3 is 3.00 bits per heavy atom. The molecule has 0 radical (unpaired) electrons. The largest absolute Gasteiger partial charge is 0.469 e. The van der Waals surface area contributed by atoms with Crippen LogP contribution in [0.1, 0.15) is 18.4 Å². The topological polar surface area (TPSA) is 51.2 Å². The van der Waals surface area contributed by atoms with Crippen molar-refractivity contribution in [2.75, 3.05) is 7.05 Å². The molecule has 80 valence electrons. The van der Waals surface area contributed by atoms with Crippen LogP contribution in [-0.4, -0.2) is 12.0 Å². The Hall–Kier alpha value is -1.55. The molecule has 2 aromatic rings. The molecule has 0 saturated carbocycles. The van der Waals surface area contributed by atoms with Gasteiger partial charge in [0.1, 0.15) is 11.5 Å². The van der Waals surface area contributed by atoms with Crippen LogP contribution in [-0.2, 0) is 13.0 Å². The van der Waals surface area contributed by atoms with Gasteiger partial charge in [0.2, 0.25) is 0 Å². The zero-order valence-electron chi connectivity index (χ0n) is 8.91. The normalized spacial score (nSPS) is 10.8. The van der Waals surface area contributed by atoms with E-state index in [0.29, 0.717) is 6.54 Å². The lowest BCUT2D eigenvalue weighted by Gasteiger charge is -1.99. The van der Waals surface area contributed by atoms with Crippen molar-refractivity contribution in [1.82, 2.24) is 10.3 Å². The number of nitrogens with zero attached hydrogens (tertiary/aromatic N) is 1. The number of aryl methyl sites for hydroxylation is 1. The predicted molar refractivity (Wildman–Crippen MR) is 56.3 cm³/mol. The lowest BCUT2D eigenvalue weighted by Crippen LogP contribution is -2.06. The van der Waals surface area contributed by atoms with E-state index in [1.807, 2.05) is 13.1 Å². The Labute approximate surface area is 88.3 Å². The first kappa shape index (κ1) is 9.98. The maximum absolute atomic E-state index is 5.39. The van der Waals surface area contributed by atoms with Crippen LogP contribution < -0.4 is 5.32 Å². The van der Waals surface area contributed by atoms with Crippen molar-refractivity contribution in [3.63, 3.8) is 0 Å². The van der Waals surface area contributed by atoms with E-state index in [9.17, 15) is 0 Å². The maximum atomic E-state index is 5.39. The molecule has 0 aromatic carbocycles. The molecule has 0 aliphatic rings. The number of hydrogen-bond donors (Lipinski definition) is 1. The van der Waals surface area contributed by atoms with E-state index in [1.54, 1.807) is 6.26 Å². The molecule has 2 rings (SSSR count). The van der Waals surface area contributed by atoms with E-state index < -0.39 is 0 Å². The van der Waals surface area contributed by atoms with Gasteiger partial charge in [-0.2, -0.15) is 0 Å². The SMILES string of the molecule is CCc1occc1-c1ocnc1CNC. The van der Waals surface area contributed by atoms with Crippen LogP contribution in [0.25, 0.3) is 11.3 Å². The van der Waals surface area contributed by atoms with Crippen molar-refractivity contribution in [3.8, 4) is 11.3 Å². The zero-order chi connectivity index (χ0) is 10.7. The highest BCUT2D eigenvalue weighted by Crippen LogP contribution is 2.27. The molecule has 0 bridgehead atoms. The van der Waals surface area contributed by atoms with E-state index in [1.165, 1.54) is 6.39 Å². The highest BCUT2D eigenvalue weighted by atomic mass is 16.3. The van der Waals surface area contributed by atoms with Crippen molar-refractivity contribution in [3.05, 3.63) is 30.2 Å². The Morgan fingerprint density at radius 2 is 2.27 bits per heavy atom. The van der Waals surface area contributed by atoms with Gasteiger partial charge in [0, 0.05) is 13.0 Å². The van der Waals surface area contributed by atoms with E-state index in [4.69, 9.17) is 8.83 Å².